The van der Waals surface area contributed by atoms with Crippen molar-refractivity contribution in [1.29, 1.82) is 0 Å². The molecule has 0 amide bonds. The maximum atomic E-state index is 13.1. The molecule has 8 rings (SSSR count). The highest BCUT2D eigenvalue weighted by molar-refractivity contribution is 7.86. The molecule has 6 aromatic rings. The Morgan fingerprint density at radius 1 is 0.413 bits per heavy atom. The van der Waals surface area contributed by atoms with Crippen molar-refractivity contribution in [2.75, 3.05) is 117 Å². The average Bonchev–Trinajstić information content (AvgIpc) is 0.770. The number of likely N-dealkylation sites (N-methyl/N-ethyl adjacent to an activating group) is 2. The van der Waals surface area contributed by atoms with Crippen LogP contribution in [0.5, 0.6) is 46.0 Å². The molecule has 0 fully saturated rings. The summed E-state index contributed by atoms with van der Waals surface area (Å²) in [5, 5.41) is 0. The predicted molar refractivity (Wildman–Crippen MR) is 340 cm³/mol. The third-order valence-corrected chi connectivity index (χ3v) is 18.4. The number of carbonyl (C=O) groups is 3. The predicted octanol–water partition coefficient (Wildman–Crippen LogP) is 9.18. The molecule has 500 valence electrons. The van der Waals surface area contributed by atoms with Gasteiger partial charge in [-0.2, -0.15) is 0 Å². The van der Waals surface area contributed by atoms with Crippen LogP contribution in [0.1, 0.15) is 84.0 Å². The summed E-state index contributed by atoms with van der Waals surface area (Å²) >= 11 is 0. The van der Waals surface area contributed by atoms with E-state index in [2.05, 4.69) is 44.4 Å². The molecular weight excluding hydrogens is 1230 g/mol. The van der Waals surface area contributed by atoms with Crippen molar-refractivity contribution in [1.82, 2.24) is 0 Å². The van der Waals surface area contributed by atoms with Crippen LogP contribution >= 0.6 is 0 Å². The van der Waals surface area contributed by atoms with E-state index in [4.69, 9.17) is 52.1 Å². The number of hydrogen-bond donors (Lipinski definition) is 0. The fraction of sp³-hybridized carbons (Fsp3) is 0.426. The Balaban J connectivity index is 0.000000567. The first-order valence-corrected chi connectivity index (χ1v) is 32.9. The number of hydrogen-bond acceptors (Lipinski definition) is 20. The Kier molecular flexibility index (Phi) is 27.4. The highest BCUT2D eigenvalue weighted by Crippen LogP contribution is 2.45. The number of benzene rings is 6. The quantitative estimate of drug-likeness (QED) is 0.0139. The first-order chi connectivity index (χ1) is 44.0. The lowest BCUT2D eigenvalue weighted by Gasteiger charge is -2.46. The van der Waals surface area contributed by atoms with Crippen molar-refractivity contribution in [3.8, 4) is 46.0 Å². The Morgan fingerprint density at radius 3 is 1.08 bits per heavy atom. The van der Waals surface area contributed by atoms with Crippen LogP contribution in [-0.2, 0) is 74.5 Å². The summed E-state index contributed by atoms with van der Waals surface area (Å²) in [7, 11) is 8.92. The lowest BCUT2D eigenvalue weighted by atomic mass is 9.86. The van der Waals surface area contributed by atoms with E-state index >= 15 is 0 Å². The van der Waals surface area contributed by atoms with Crippen molar-refractivity contribution < 1.29 is 101 Å². The Labute approximate surface area is 540 Å². The van der Waals surface area contributed by atoms with Gasteiger partial charge in [0, 0.05) is 36.8 Å². The minimum Gasteiger partial charge on any atom is -0.744 e. The Hall–Kier alpha value is -8.13. The molecule has 0 aliphatic carbocycles. The summed E-state index contributed by atoms with van der Waals surface area (Å²) in [6.45, 7) is 3.22. The van der Waals surface area contributed by atoms with Crippen LogP contribution in [0.3, 0.4) is 0 Å². The highest BCUT2D eigenvalue weighted by atomic mass is 32.2. The van der Waals surface area contributed by atoms with E-state index in [0.29, 0.717) is 100 Å². The van der Waals surface area contributed by atoms with Crippen LogP contribution in [0.15, 0.2) is 131 Å². The molecule has 92 heavy (non-hydrogen) atoms. The van der Waals surface area contributed by atoms with Crippen molar-refractivity contribution >= 4 is 38.1 Å². The Morgan fingerprint density at radius 2 is 0.739 bits per heavy atom. The molecule has 6 aromatic carbocycles. The second-order valence-corrected chi connectivity index (χ2v) is 25.2. The number of ether oxygens (including phenoxy) is 11. The lowest BCUT2D eigenvalue weighted by molar-refractivity contribution is -0.940. The number of carbonyl (C=O) groups excluding carboxylic acids is 3. The zero-order valence-electron chi connectivity index (χ0n) is 54.1. The fourth-order valence-corrected chi connectivity index (χ4v) is 12.4. The summed E-state index contributed by atoms with van der Waals surface area (Å²) in [5.74, 6) is 4.30. The van der Waals surface area contributed by atoms with Crippen LogP contribution in [0.25, 0.3) is 0 Å². The fourth-order valence-electron chi connectivity index (χ4n) is 11.4. The van der Waals surface area contributed by atoms with Crippen molar-refractivity contribution in [3.05, 3.63) is 155 Å². The van der Waals surface area contributed by atoms with Crippen LogP contribution < -0.4 is 37.9 Å². The van der Waals surface area contributed by atoms with E-state index in [9.17, 15) is 40.3 Å². The number of quaternary nitrogens is 2. The second-order valence-electron chi connectivity index (χ2n) is 22.5. The van der Waals surface area contributed by atoms with Gasteiger partial charge in [0.05, 0.1) is 139 Å². The number of nitrogens with zero attached hydrogens (tertiary/aromatic N) is 2. The third-order valence-electron chi connectivity index (χ3n) is 16.7. The summed E-state index contributed by atoms with van der Waals surface area (Å²) in [6.07, 6.45) is 5.40. The zero-order chi connectivity index (χ0) is 67.1. The summed E-state index contributed by atoms with van der Waals surface area (Å²) in [5.41, 5.74) is 6.85. The summed E-state index contributed by atoms with van der Waals surface area (Å²) in [4.78, 5) is 38.4. The number of methoxy groups -OCH3 is 8. The van der Waals surface area contributed by atoms with Crippen LogP contribution in [0.4, 0.5) is 0 Å². The second kappa shape index (κ2) is 34.5. The van der Waals surface area contributed by atoms with Gasteiger partial charge in [-0.05, 0) is 114 Å². The standard InChI is InChI=1S/C56H76N2O14.2C6H6O3S/c1-57(23-18-40-34-50(66-7)52(68-9)36-42(40)44(57)30-38-14-16-46(62-3)48(32-38)64-5)25-20-54(59)70-27-12-11-13-28-71-56(61)22-29-72-55(60)21-26-58(2)24-19-41-35-51(67-8)53(69-10)37-43(41)45(58)31-39-15-17-47(63-4)49(33-39)65-6;2*7-10(8,9)6-4-2-1-3-5-6/h14-17,32-37,44-45H,11-13,18-31H2,1-10H3;2*1-5H,(H,7,8,9)/q+2;;/p-2. The maximum absolute atomic E-state index is 13.1. The van der Waals surface area contributed by atoms with E-state index in [1.165, 1.54) is 65.2 Å². The minimum absolute atomic E-state index is 0.0112. The number of unbranched alkanes of at least 4 members (excludes halogenated alkanes) is 2. The van der Waals surface area contributed by atoms with Crippen LogP contribution in [0, 0.1) is 0 Å². The monoisotopic (exact) mass is 1310 g/mol. The van der Waals surface area contributed by atoms with Gasteiger partial charge in [-0.3, -0.25) is 14.4 Å². The first-order valence-electron chi connectivity index (χ1n) is 30.0. The van der Waals surface area contributed by atoms with E-state index in [1.807, 2.05) is 30.3 Å². The number of fused-ring (bicyclic) bond motifs is 2. The maximum Gasteiger partial charge on any atom is 0.311 e. The van der Waals surface area contributed by atoms with E-state index in [-0.39, 0.29) is 72.9 Å². The number of esters is 3. The van der Waals surface area contributed by atoms with Gasteiger partial charge in [-0.1, -0.05) is 48.5 Å². The van der Waals surface area contributed by atoms with Gasteiger partial charge in [0.1, 0.15) is 38.9 Å². The van der Waals surface area contributed by atoms with Crippen LogP contribution in [0.2, 0.25) is 0 Å². The molecule has 0 N–H and O–H groups in total. The molecule has 0 aromatic heterocycles. The molecule has 0 radical (unpaired) electrons. The van der Waals surface area contributed by atoms with Crippen molar-refractivity contribution in [2.45, 2.75) is 86.1 Å². The van der Waals surface area contributed by atoms with Crippen molar-refractivity contribution in [2.24, 2.45) is 0 Å². The zero-order valence-corrected chi connectivity index (χ0v) is 55.7. The van der Waals surface area contributed by atoms with Gasteiger partial charge in [-0.15, -0.1) is 0 Å². The van der Waals surface area contributed by atoms with Gasteiger partial charge in [0.15, 0.2) is 46.0 Å². The molecule has 4 unspecified atom stereocenters. The molecular formula is C68H86N2O20S2. The van der Waals surface area contributed by atoms with Gasteiger partial charge in [-0.25, -0.2) is 16.8 Å². The smallest absolute Gasteiger partial charge is 0.311 e. The molecule has 2 heterocycles. The number of rotatable bonds is 29. The molecule has 0 bridgehead atoms. The third kappa shape index (κ3) is 20.4. The van der Waals surface area contributed by atoms with E-state index in [1.54, 1.807) is 69.0 Å². The lowest BCUT2D eigenvalue weighted by Crippen LogP contribution is -2.53. The van der Waals surface area contributed by atoms with Crippen molar-refractivity contribution in [3.63, 3.8) is 0 Å². The molecule has 0 saturated heterocycles. The SMILES string of the molecule is COc1ccc(CC2c3cc(OC)c(OC)cc3CC[N+]2(C)CCC(=O)OCCCCCOC(=O)CCOC(=O)CC[N+]2(C)CCc3cc(OC)c(OC)cc3C2Cc2ccc(OC)c(OC)c2)cc1OC.O=S(=O)([O-])c1ccccc1.O=S(=O)([O-])c1ccccc1. The molecule has 2 aliphatic heterocycles. The highest BCUT2D eigenvalue weighted by Gasteiger charge is 2.42. The molecule has 2 aliphatic rings. The first kappa shape index (κ1) is 72.9. The minimum atomic E-state index is -4.25. The normalized spacial score (nSPS) is 17.3. The van der Waals surface area contributed by atoms with E-state index in [0.717, 1.165) is 42.6 Å². The molecule has 0 saturated carbocycles. The summed E-state index contributed by atoms with van der Waals surface area (Å²) < 4.78 is 124. The van der Waals surface area contributed by atoms with E-state index < -0.39 is 26.2 Å². The van der Waals surface area contributed by atoms with Gasteiger partial charge >= 0.3 is 17.9 Å². The van der Waals surface area contributed by atoms with Gasteiger partial charge < -0.3 is 70.2 Å². The largest absolute Gasteiger partial charge is 0.744 e. The summed E-state index contributed by atoms with van der Waals surface area (Å²) in [6, 6.07) is 34.6. The van der Waals surface area contributed by atoms with Gasteiger partial charge in [0.2, 0.25) is 0 Å². The average molecular weight is 1320 g/mol. The molecule has 22 nitrogen and oxygen atoms in total. The molecule has 4 atom stereocenters. The molecule has 24 heteroatoms. The topological polar surface area (TPSA) is 267 Å². The van der Waals surface area contributed by atoms with Crippen LogP contribution in [-0.4, -0.2) is 170 Å². The Bertz CT molecular complexity index is 3560. The van der Waals surface area contributed by atoms with Gasteiger partial charge in [0.25, 0.3) is 0 Å². The molecule has 0 spiro atoms.